The summed E-state index contributed by atoms with van der Waals surface area (Å²) in [5.41, 5.74) is 2.72. The maximum atomic E-state index is 12.9. The summed E-state index contributed by atoms with van der Waals surface area (Å²) in [4.78, 5) is 30.8. The molecule has 1 saturated heterocycles. The quantitative estimate of drug-likeness (QED) is 0.416. The first-order chi connectivity index (χ1) is 16.2. The Morgan fingerprint density at radius 3 is 2.52 bits per heavy atom. The number of amides is 2. The Labute approximate surface area is 191 Å². The van der Waals surface area contributed by atoms with E-state index in [4.69, 9.17) is 9.47 Å². The van der Waals surface area contributed by atoms with E-state index in [0.717, 1.165) is 22.0 Å². The molecule has 1 aliphatic rings. The monoisotopic (exact) mass is 438 g/mol. The fraction of sp³-hybridized carbons (Fsp3) is 0.148. The number of para-hydroxylation sites is 1. The number of hydrogen-bond acceptors (Lipinski definition) is 5. The smallest absolute Gasteiger partial charge is 0.416 e. The number of imide groups is 1. The SMILES string of the molecule is O=C(Cc1ccc(Oc2ccnc3ccccc23)cc1)N1C(=O)OC[C@@H]1Cc1ccccc1. The molecule has 33 heavy (non-hydrogen) atoms. The Hall–Kier alpha value is -4.19. The molecule has 0 unspecified atom stereocenters. The molecule has 0 aliphatic carbocycles. The highest BCUT2D eigenvalue weighted by Gasteiger charge is 2.37. The van der Waals surface area contributed by atoms with Crippen LogP contribution in [-0.4, -0.2) is 34.5 Å². The molecule has 0 N–H and O–H groups in total. The van der Waals surface area contributed by atoms with Crippen molar-refractivity contribution in [3.05, 3.63) is 102 Å². The summed E-state index contributed by atoms with van der Waals surface area (Å²) < 4.78 is 11.2. The molecule has 1 atom stereocenters. The van der Waals surface area contributed by atoms with Crippen LogP contribution in [0, 0.1) is 0 Å². The van der Waals surface area contributed by atoms with Crippen molar-refractivity contribution in [2.45, 2.75) is 18.9 Å². The summed E-state index contributed by atoms with van der Waals surface area (Å²) in [6.07, 6.45) is 1.82. The number of hydrogen-bond donors (Lipinski definition) is 0. The van der Waals surface area contributed by atoms with E-state index < -0.39 is 6.09 Å². The van der Waals surface area contributed by atoms with Crippen LogP contribution in [0.25, 0.3) is 10.9 Å². The summed E-state index contributed by atoms with van der Waals surface area (Å²) in [6.45, 7) is 0.214. The third-order valence-electron chi connectivity index (χ3n) is 5.66. The maximum Gasteiger partial charge on any atom is 0.416 e. The molecule has 0 spiro atoms. The first-order valence-corrected chi connectivity index (χ1v) is 10.8. The topological polar surface area (TPSA) is 68.7 Å². The summed E-state index contributed by atoms with van der Waals surface area (Å²) in [6, 6.07) is 26.4. The number of fused-ring (bicyclic) bond motifs is 1. The van der Waals surface area contributed by atoms with Crippen LogP contribution in [0.15, 0.2) is 91.1 Å². The second-order valence-corrected chi connectivity index (χ2v) is 7.93. The molecule has 164 valence electrons. The van der Waals surface area contributed by atoms with Gasteiger partial charge in [0.15, 0.2) is 0 Å². The van der Waals surface area contributed by atoms with Crippen LogP contribution in [0.3, 0.4) is 0 Å². The van der Waals surface area contributed by atoms with E-state index in [2.05, 4.69) is 4.98 Å². The maximum absolute atomic E-state index is 12.9. The van der Waals surface area contributed by atoms with Gasteiger partial charge in [-0.3, -0.25) is 9.78 Å². The van der Waals surface area contributed by atoms with Crippen molar-refractivity contribution < 1.29 is 19.1 Å². The zero-order chi connectivity index (χ0) is 22.6. The van der Waals surface area contributed by atoms with Gasteiger partial charge in [0.25, 0.3) is 0 Å². The van der Waals surface area contributed by atoms with Crippen molar-refractivity contribution in [1.82, 2.24) is 9.88 Å². The van der Waals surface area contributed by atoms with E-state index in [9.17, 15) is 9.59 Å². The predicted octanol–water partition coefficient (Wildman–Crippen LogP) is 5.16. The minimum Gasteiger partial charge on any atom is -0.457 e. The molecule has 2 amide bonds. The molecule has 0 saturated carbocycles. The van der Waals surface area contributed by atoms with Crippen molar-refractivity contribution in [2.75, 3.05) is 6.61 Å². The molecular formula is C27H22N2O4. The zero-order valence-electron chi connectivity index (χ0n) is 17.9. The van der Waals surface area contributed by atoms with Gasteiger partial charge in [-0.1, -0.05) is 54.6 Å². The normalized spacial score (nSPS) is 15.5. The minimum absolute atomic E-state index is 0.110. The standard InChI is InChI=1S/C27H22N2O4/c30-26(29-21(18-32-27(29)31)16-19-6-2-1-3-7-19)17-20-10-12-22(13-11-20)33-25-14-15-28-24-9-5-4-8-23(24)25/h1-15,21H,16-18H2/t21-/m0/s1. The second kappa shape index (κ2) is 9.12. The van der Waals surface area contributed by atoms with Gasteiger partial charge in [0.2, 0.25) is 5.91 Å². The van der Waals surface area contributed by atoms with E-state index >= 15 is 0 Å². The van der Waals surface area contributed by atoms with E-state index in [1.807, 2.05) is 84.9 Å². The summed E-state index contributed by atoms with van der Waals surface area (Å²) in [5, 5.41) is 0.927. The number of benzene rings is 3. The highest BCUT2D eigenvalue weighted by molar-refractivity contribution is 5.94. The highest BCUT2D eigenvalue weighted by atomic mass is 16.6. The number of rotatable bonds is 6. The van der Waals surface area contributed by atoms with Gasteiger partial charge >= 0.3 is 6.09 Å². The first kappa shape index (κ1) is 20.7. The Bertz CT molecular complexity index is 1280. The van der Waals surface area contributed by atoms with Gasteiger partial charge in [-0.05, 0) is 47.9 Å². The van der Waals surface area contributed by atoms with Crippen molar-refractivity contribution in [3.63, 3.8) is 0 Å². The molecule has 6 heteroatoms. The molecule has 6 nitrogen and oxygen atoms in total. The number of ether oxygens (including phenoxy) is 2. The molecule has 2 heterocycles. The van der Waals surface area contributed by atoms with Crippen LogP contribution >= 0.6 is 0 Å². The third kappa shape index (κ3) is 4.55. The fourth-order valence-electron chi connectivity index (χ4n) is 4.02. The van der Waals surface area contributed by atoms with Gasteiger partial charge in [-0.15, -0.1) is 0 Å². The number of aromatic nitrogens is 1. The Balaban J connectivity index is 1.26. The number of cyclic esters (lactones) is 1. The van der Waals surface area contributed by atoms with Gasteiger partial charge in [-0.2, -0.15) is 0 Å². The Morgan fingerprint density at radius 1 is 0.939 bits per heavy atom. The van der Waals surface area contributed by atoms with Crippen LogP contribution < -0.4 is 4.74 Å². The van der Waals surface area contributed by atoms with Crippen LogP contribution in [-0.2, 0) is 22.4 Å². The van der Waals surface area contributed by atoms with E-state index in [0.29, 0.717) is 17.9 Å². The number of carbonyl (C=O) groups is 2. The largest absolute Gasteiger partial charge is 0.457 e. The molecule has 0 bridgehead atoms. The third-order valence-corrected chi connectivity index (χ3v) is 5.66. The molecule has 1 fully saturated rings. The van der Waals surface area contributed by atoms with E-state index in [1.54, 1.807) is 6.20 Å². The summed E-state index contributed by atoms with van der Waals surface area (Å²) in [5.74, 6) is 1.10. The minimum atomic E-state index is -0.578. The second-order valence-electron chi connectivity index (χ2n) is 7.93. The fourth-order valence-corrected chi connectivity index (χ4v) is 4.02. The average molecular weight is 438 g/mol. The molecular weight excluding hydrogens is 416 g/mol. The number of nitrogens with zero attached hydrogens (tertiary/aromatic N) is 2. The van der Waals surface area contributed by atoms with Crippen LogP contribution in [0.2, 0.25) is 0 Å². The Kier molecular flexibility index (Phi) is 5.72. The van der Waals surface area contributed by atoms with Crippen molar-refractivity contribution >= 4 is 22.9 Å². The Morgan fingerprint density at radius 2 is 1.70 bits per heavy atom. The summed E-state index contributed by atoms with van der Waals surface area (Å²) in [7, 11) is 0. The molecule has 1 aromatic heterocycles. The average Bonchev–Trinajstić information content (AvgIpc) is 3.21. The number of carbonyl (C=O) groups excluding carboxylic acids is 2. The van der Waals surface area contributed by atoms with Crippen molar-refractivity contribution in [2.24, 2.45) is 0 Å². The molecule has 4 aromatic rings. The van der Waals surface area contributed by atoms with E-state index in [1.165, 1.54) is 4.90 Å². The lowest BCUT2D eigenvalue weighted by molar-refractivity contribution is -0.128. The van der Waals surface area contributed by atoms with Crippen molar-refractivity contribution in [3.8, 4) is 11.5 Å². The number of pyridine rings is 1. The van der Waals surface area contributed by atoms with Gasteiger partial charge in [0.1, 0.15) is 18.1 Å². The highest BCUT2D eigenvalue weighted by Crippen LogP contribution is 2.29. The molecule has 0 radical (unpaired) electrons. The molecule has 3 aromatic carbocycles. The molecule has 5 rings (SSSR count). The van der Waals surface area contributed by atoms with Gasteiger partial charge < -0.3 is 9.47 Å². The zero-order valence-corrected chi connectivity index (χ0v) is 17.9. The lowest BCUT2D eigenvalue weighted by atomic mass is 10.0. The molecule has 1 aliphatic heterocycles. The van der Waals surface area contributed by atoms with Gasteiger partial charge in [-0.25, -0.2) is 9.69 Å². The van der Waals surface area contributed by atoms with Gasteiger partial charge in [0, 0.05) is 11.6 Å². The van der Waals surface area contributed by atoms with Gasteiger partial charge in [0.05, 0.1) is 18.0 Å². The lowest BCUT2D eigenvalue weighted by Gasteiger charge is -2.19. The van der Waals surface area contributed by atoms with Crippen LogP contribution in [0.4, 0.5) is 4.79 Å². The van der Waals surface area contributed by atoms with Crippen LogP contribution in [0.1, 0.15) is 11.1 Å². The summed E-state index contributed by atoms with van der Waals surface area (Å²) >= 11 is 0. The van der Waals surface area contributed by atoms with Crippen molar-refractivity contribution in [1.29, 1.82) is 0 Å². The predicted molar refractivity (Wildman–Crippen MR) is 124 cm³/mol. The lowest BCUT2D eigenvalue weighted by Crippen LogP contribution is -2.41. The first-order valence-electron chi connectivity index (χ1n) is 10.8. The van der Waals surface area contributed by atoms with Crippen LogP contribution in [0.5, 0.6) is 11.5 Å². The van der Waals surface area contributed by atoms with E-state index in [-0.39, 0.29) is 25.0 Å².